The van der Waals surface area contributed by atoms with Crippen molar-refractivity contribution in [3.8, 4) is 0 Å². The first-order valence-electron chi connectivity index (χ1n) is 19.5. The number of hydrogen-bond donors (Lipinski definition) is 0. The third kappa shape index (κ3) is 9.68. The average Bonchev–Trinajstić information content (AvgIpc) is 3.32. The van der Waals surface area contributed by atoms with Crippen LogP contribution in [0.3, 0.4) is 0 Å². The minimum atomic E-state index is -2.76. The normalized spacial score (nSPS) is 12.2. The molecule has 306 valence electrons. The molecule has 6 aromatic rings. The monoisotopic (exact) mass is 818 g/mol. The van der Waals surface area contributed by atoms with Crippen LogP contribution >= 0.6 is 0 Å². The van der Waals surface area contributed by atoms with Gasteiger partial charge in [0.15, 0.2) is 0 Å². The molecule has 7 rings (SSSR count). The van der Waals surface area contributed by atoms with Crippen LogP contribution in [-0.4, -0.2) is 6.15 Å². The maximum absolute atomic E-state index is 14.1. The van der Waals surface area contributed by atoms with Gasteiger partial charge in [-0.2, -0.15) is 21.9 Å². The maximum Gasteiger partial charge on any atom is 0.114 e. The smallest absolute Gasteiger partial charge is 0.114 e. The van der Waals surface area contributed by atoms with Crippen LogP contribution in [0.1, 0.15) is 55.6 Å². The molecule has 0 fully saturated rings. The summed E-state index contributed by atoms with van der Waals surface area (Å²) in [4.78, 5) is 0. The van der Waals surface area contributed by atoms with E-state index < -0.39 is 59.5 Å². The lowest BCUT2D eigenvalue weighted by atomic mass is 9.12. The lowest BCUT2D eigenvalue weighted by Crippen LogP contribution is -2.75. The molecule has 0 N–H and O–H groups in total. The topological polar surface area (TPSA) is 0 Å². The zero-order chi connectivity index (χ0) is 42.5. The summed E-state index contributed by atoms with van der Waals surface area (Å²) < 4.78 is 113. The van der Waals surface area contributed by atoms with Gasteiger partial charge in [0.2, 0.25) is 0 Å². The Balaban J connectivity index is 0.000000263. The first-order valence-corrected chi connectivity index (χ1v) is 19.5. The van der Waals surface area contributed by atoms with Crippen molar-refractivity contribution in [1.82, 2.24) is 0 Å². The van der Waals surface area contributed by atoms with Crippen molar-refractivity contribution in [1.29, 1.82) is 0 Å². The van der Waals surface area contributed by atoms with Crippen molar-refractivity contribution >= 4 is 33.6 Å². The number of rotatable bonds is 14. The molecule has 0 bridgehead atoms. The minimum Gasteiger partial charge on any atom is -0.246 e. The summed E-state index contributed by atoms with van der Waals surface area (Å²) in [5.74, 6) is 0. The Bertz CT molecular complexity index is 2100. The van der Waals surface area contributed by atoms with Gasteiger partial charge >= 0.3 is 0 Å². The molecule has 1 aliphatic rings. The van der Waals surface area contributed by atoms with E-state index >= 15 is 0 Å². The van der Waals surface area contributed by atoms with E-state index in [0.717, 1.165) is 0 Å². The van der Waals surface area contributed by atoms with Crippen LogP contribution in [0.5, 0.6) is 0 Å². The van der Waals surface area contributed by atoms with Gasteiger partial charge in [-0.3, -0.25) is 0 Å². The molecule has 0 aliphatic heterocycles. The van der Waals surface area contributed by atoms with Crippen LogP contribution in [0.25, 0.3) is 5.57 Å². The largest absolute Gasteiger partial charge is 0.246 e. The fourth-order valence-electron chi connectivity index (χ4n) is 8.25. The van der Waals surface area contributed by atoms with Gasteiger partial charge in [-0.25, -0.2) is 35.1 Å². The molecule has 0 atom stereocenters. The van der Waals surface area contributed by atoms with Crippen molar-refractivity contribution in [2.45, 2.75) is 53.4 Å². The fourth-order valence-corrected chi connectivity index (χ4v) is 8.25. The van der Waals surface area contributed by atoms with E-state index in [0.29, 0.717) is 0 Å². The van der Waals surface area contributed by atoms with Gasteiger partial charge in [-0.1, -0.05) is 109 Å². The van der Waals surface area contributed by atoms with E-state index in [2.05, 4.69) is 91.4 Å². The second kappa shape index (κ2) is 20.7. The lowest BCUT2D eigenvalue weighted by Gasteiger charge is -2.46. The van der Waals surface area contributed by atoms with Gasteiger partial charge in [0.05, 0.1) is 5.57 Å². The van der Waals surface area contributed by atoms with Gasteiger partial charge < -0.3 is 0 Å². The van der Waals surface area contributed by atoms with Crippen LogP contribution in [0.4, 0.5) is 35.1 Å². The molecule has 60 heavy (non-hydrogen) atoms. The Kier molecular flexibility index (Phi) is 15.0. The fraction of sp³-hybridized carbons (Fsp3) is 0.157. The van der Waals surface area contributed by atoms with E-state index in [-0.39, 0.29) is 66.4 Å². The number of halogens is 8. The van der Waals surface area contributed by atoms with Gasteiger partial charge in [0.25, 0.3) is 0 Å². The Morgan fingerprint density at radius 3 is 0.883 bits per heavy atom. The highest BCUT2D eigenvalue weighted by Crippen LogP contribution is 2.30. The summed E-state index contributed by atoms with van der Waals surface area (Å²) >= 11 is 0. The maximum atomic E-state index is 14.1. The second-order valence-electron chi connectivity index (χ2n) is 14.7. The van der Waals surface area contributed by atoms with E-state index in [1.807, 2.05) is 0 Å². The molecular weight excluding hydrogens is 775 g/mol. The molecule has 0 saturated heterocycles. The molecule has 1 aliphatic carbocycles. The van der Waals surface area contributed by atoms with E-state index in [1.54, 1.807) is 0 Å². The molecular formula is C51H43BF8. The number of alkyl halides is 8. The van der Waals surface area contributed by atoms with E-state index in [1.165, 1.54) is 95.1 Å². The molecule has 0 heterocycles. The predicted molar refractivity (Wildman–Crippen MR) is 230 cm³/mol. The van der Waals surface area contributed by atoms with Gasteiger partial charge in [-0.05, 0) is 68.8 Å². The lowest BCUT2D eigenvalue weighted by molar-refractivity contribution is 0.475. The van der Waals surface area contributed by atoms with E-state index in [9.17, 15) is 35.1 Å². The zero-order valence-electron chi connectivity index (χ0n) is 32.8. The Hall–Kier alpha value is -6.09. The summed E-state index contributed by atoms with van der Waals surface area (Å²) in [6.07, 6.45) is 7.78. The first-order chi connectivity index (χ1) is 29.3. The molecule has 0 saturated carbocycles. The molecule has 0 spiro atoms. The number of benzene rings is 6. The summed E-state index contributed by atoms with van der Waals surface area (Å²) in [7, 11) is 0. The Morgan fingerprint density at radius 2 is 0.650 bits per heavy atom. The SMILES string of the molecule is C1=C[CH+]C(=C(c2ccccc2)c2ccccc2)C=C1.FCc1cc(CF)cc([B-](c2cc(CF)cc(CF)c2)(c2cc(CF)cc(CF)c2)c2cc(CF)cc(CF)c2)c1. The summed E-state index contributed by atoms with van der Waals surface area (Å²) in [5, 5.41) is 0. The van der Waals surface area contributed by atoms with Crippen LogP contribution < -0.4 is 21.9 Å². The first kappa shape index (κ1) is 43.5. The molecule has 0 nitrogen and oxygen atoms in total. The number of allylic oxidation sites excluding steroid dienone is 5. The van der Waals surface area contributed by atoms with E-state index in [4.69, 9.17) is 0 Å². The Labute approximate surface area is 346 Å². The highest BCUT2D eigenvalue weighted by atomic mass is 19.2. The third-order valence-electron chi connectivity index (χ3n) is 10.7. The molecule has 0 unspecified atom stereocenters. The molecule has 9 heteroatoms. The molecule has 0 amide bonds. The summed E-state index contributed by atoms with van der Waals surface area (Å²) in [6.45, 7) is -7.83. The summed E-state index contributed by atoms with van der Waals surface area (Å²) in [6, 6.07) is 38.0. The minimum absolute atomic E-state index is 0.0912. The second-order valence-corrected chi connectivity index (χ2v) is 14.7. The summed E-state index contributed by atoms with van der Waals surface area (Å²) in [5.41, 5.74) is 6.80. The van der Waals surface area contributed by atoms with Crippen LogP contribution in [0.2, 0.25) is 0 Å². The average molecular weight is 819 g/mol. The van der Waals surface area contributed by atoms with Crippen LogP contribution in [0, 0.1) is 6.42 Å². The zero-order valence-corrected chi connectivity index (χ0v) is 32.8. The van der Waals surface area contributed by atoms with Crippen LogP contribution in [0.15, 0.2) is 163 Å². The van der Waals surface area contributed by atoms with Gasteiger partial charge in [0.1, 0.15) is 65.1 Å². The predicted octanol–water partition coefficient (Wildman–Crippen LogP) is 11.6. The van der Waals surface area contributed by atoms with Gasteiger partial charge in [-0.15, -0.1) is 0 Å². The van der Waals surface area contributed by atoms with Crippen molar-refractivity contribution in [2.75, 3.05) is 0 Å². The molecule has 0 aromatic heterocycles. The van der Waals surface area contributed by atoms with Crippen molar-refractivity contribution in [3.63, 3.8) is 0 Å². The number of hydrogen-bond acceptors (Lipinski definition) is 0. The molecule has 0 radical (unpaired) electrons. The highest BCUT2D eigenvalue weighted by molar-refractivity contribution is 7.20. The van der Waals surface area contributed by atoms with Crippen LogP contribution in [-0.2, 0) is 53.4 Å². The quantitative estimate of drug-likeness (QED) is 0.0583. The Morgan fingerprint density at radius 1 is 0.367 bits per heavy atom. The van der Waals surface area contributed by atoms with Crippen molar-refractivity contribution < 1.29 is 35.1 Å². The van der Waals surface area contributed by atoms with Gasteiger partial charge in [0, 0.05) is 41.9 Å². The standard InChI is InChI=1S/C32H28BF8.C19H15/c34-13-21-1-22(14-35)6-29(5-21)33(30-7-23(15-36)2-24(8-30)16-37,31-9-25(17-38)3-26(10-31)18-39)32-11-27(19-40)4-28(12-32)20-41;1-4-10-16(11-5-1)19(17-12-6-2-7-13-17)18-14-8-3-9-15-18/h1-12H,13-20H2;1-15H/q-1;+1. The highest BCUT2D eigenvalue weighted by Gasteiger charge is 2.34. The molecule has 6 aromatic carbocycles. The van der Waals surface area contributed by atoms with Crippen molar-refractivity contribution in [2.24, 2.45) is 0 Å². The van der Waals surface area contributed by atoms with Crippen molar-refractivity contribution in [3.05, 3.63) is 225 Å². The third-order valence-corrected chi connectivity index (χ3v) is 10.7.